The van der Waals surface area contributed by atoms with E-state index in [-0.39, 0.29) is 4.90 Å². The summed E-state index contributed by atoms with van der Waals surface area (Å²) in [7, 11) is -3.67. The smallest absolute Gasteiger partial charge is 0.238 e. The second-order valence-electron chi connectivity index (χ2n) is 5.26. The molecule has 2 rings (SSSR count). The highest BCUT2D eigenvalue weighted by Crippen LogP contribution is 2.38. The lowest BCUT2D eigenvalue weighted by Crippen LogP contribution is -2.15. The van der Waals surface area contributed by atoms with Crippen LogP contribution < -0.4 is 10.9 Å². The van der Waals surface area contributed by atoms with Gasteiger partial charge in [0, 0.05) is 15.8 Å². The van der Waals surface area contributed by atoms with Crippen LogP contribution in [0.4, 0.5) is 5.69 Å². The predicted molar refractivity (Wildman–Crippen MR) is 79.5 cm³/mol. The van der Waals surface area contributed by atoms with Crippen LogP contribution in [0.25, 0.3) is 0 Å². The molecule has 0 aromatic heterocycles. The summed E-state index contributed by atoms with van der Waals surface area (Å²) in [5, 5.41) is 5.66. The number of sulfonamides is 1. The Morgan fingerprint density at radius 3 is 2.63 bits per heavy atom. The second kappa shape index (κ2) is 5.73. The van der Waals surface area contributed by atoms with Gasteiger partial charge in [-0.2, -0.15) is 0 Å². The van der Waals surface area contributed by atoms with Crippen molar-refractivity contribution in [2.24, 2.45) is 11.1 Å². The molecule has 1 aliphatic rings. The molecule has 0 heterocycles. The molecular formula is C13H20N2O2S2. The summed E-state index contributed by atoms with van der Waals surface area (Å²) in [6.45, 7) is 2.28. The zero-order chi connectivity index (χ0) is 14.0. The maximum atomic E-state index is 11.2. The quantitative estimate of drug-likeness (QED) is 0.840. The number of nitrogen functional groups attached to an aromatic ring is 1. The third-order valence-corrected chi connectivity index (χ3v) is 5.79. The van der Waals surface area contributed by atoms with Crippen molar-refractivity contribution >= 4 is 27.5 Å². The van der Waals surface area contributed by atoms with Gasteiger partial charge in [0.05, 0.1) is 4.90 Å². The minimum absolute atomic E-state index is 0.0753. The van der Waals surface area contributed by atoms with Crippen LogP contribution >= 0.6 is 11.8 Å². The summed E-state index contributed by atoms with van der Waals surface area (Å²) in [5.74, 6) is 0.760. The molecule has 106 valence electrons. The zero-order valence-electron chi connectivity index (χ0n) is 11.0. The van der Waals surface area contributed by atoms with E-state index in [4.69, 9.17) is 10.9 Å². The van der Waals surface area contributed by atoms with Gasteiger partial charge in [0.15, 0.2) is 0 Å². The lowest BCUT2D eigenvalue weighted by Gasteiger charge is -2.26. The van der Waals surface area contributed by atoms with Gasteiger partial charge in [-0.15, -0.1) is 11.8 Å². The Bertz CT molecular complexity index is 558. The van der Waals surface area contributed by atoms with Crippen molar-refractivity contribution < 1.29 is 8.42 Å². The molecule has 2 atom stereocenters. The first-order valence-corrected chi connectivity index (χ1v) is 8.88. The SMILES string of the molecule is CC1CCCC(Sc2ccc(S(N)(=O)=O)cc2N)C1. The van der Waals surface area contributed by atoms with Gasteiger partial charge < -0.3 is 5.73 Å². The van der Waals surface area contributed by atoms with Gasteiger partial charge in [0.25, 0.3) is 0 Å². The van der Waals surface area contributed by atoms with E-state index in [0.717, 1.165) is 10.8 Å². The van der Waals surface area contributed by atoms with E-state index in [2.05, 4.69) is 6.92 Å². The number of hydrogen-bond donors (Lipinski definition) is 2. The molecule has 4 nitrogen and oxygen atoms in total. The molecule has 0 amide bonds. The Morgan fingerprint density at radius 1 is 1.32 bits per heavy atom. The third-order valence-electron chi connectivity index (χ3n) is 3.49. The first-order chi connectivity index (χ1) is 8.86. The molecule has 1 fully saturated rings. The molecule has 6 heteroatoms. The van der Waals surface area contributed by atoms with Crippen LogP contribution in [0, 0.1) is 5.92 Å². The van der Waals surface area contributed by atoms with Crippen molar-refractivity contribution in [1.82, 2.24) is 0 Å². The molecule has 1 aliphatic carbocycles. The molecule has 1 saturated carbocycles. The fourth-order valence-corrected chi connectivity index (χ4v) is 4.43. The van der Waals surface area contributed by atoms with Gasteiger partial charge in [0.1, 0.15) is 0 Å². The molecular weight excluding hydrogens is 280 g/mol. The Kier molecular flexibility index (Phi) is 4.43. The number of rotatable bonds is 3. The van der Waals surface area contributed by atoms with Crippen LogP contribution in [0.3, 0.4) is 0 Å². The van der Waals surface area contributed by atoms with Gasteiger partial charge in [-0.1, -0.05) is 19.8 Å². The number of anilines is 1. The molecule has 0 radical (unpaired) electrons. The average Bonchev–Trinajstić information content (AvgIpc) is 2.30. The summed E-state index contributed by atoms with van der Waals surface area (Å²) in [5.41, 5.74) is 6.42. The van der Waals surface area contributed by atoms with Crippen molar-refractivity contribution in [3.8, 4) is 0 Å². The fourth-order valence-electron chi connectivity index (χ4n) is 2.48. The highest BCUT2D eigenvalue weighted by molar-refractivity contribution is 8.00. The van der Waals surface area contributed by atoms with Crippen LogP contribution in [0.15, 0.2) is 28.0 Å². The Labute approximate surface area is 119 Å². The van der Waals surface area contributed by atoms with Gasteiger partial charge in [-0.25, -0.2) is 13.6 Å². The van der Waals surface area contributed by atoms with E-state index < -0.39 is 10.0 Å². The molecule has 1 aromatic rings. The summed E-state index contributed by atoms with van der Waals surface area (Å²) in [4.78, 5) is 1.03. The zero-order valence-corrected chi connectivity index (χ0v) is 12.6. The topological polar surface area (TPSA) is 86.2 Å². The Morgan fingerprint density at radius 2 is 2.05 bits per heavy atom. The van der Waals surface area contributed by atoms with Crippen LogP contribution in [0.2, 0.25) is 0 Å². The fraction of sp³-hybridized carbons (Fsp3) is 0.538. The predicted octanol–water partition coefficient (Wildman–Crippen LogP) is 2.59. The molecule has 0 aliphatic heterocycles. The second-order valence-corrected chi connectivity index (χ2v) is 8.16. The van der Waals surface area contributed by atoms with Gasteiger partial charge >= 0.3 is 0 Å². The van der Waals surface area contributed by atoms with Crippen molar-refractivity contribution in [1.29, 1.82) is 0 Å². The number of benzene rings is 1. The Balaban J connectivity index is 2.13. The van der Waals surface area contributed by atoms with Crippen molar-refractivity contribution in [2.45, 2.75) is 47.6 Å². The summed E-state index contributed by atoms with van der Waals surface area (Å²) < 4.78 is 22.5. The Hall–Kier alpha value is -0.720. The maximum Gasteiger partial charge on any atom is 0.238 e. The minimum atomic E-state index is -3.67. The molecule has 19 heavy (non-hydrogen) atoms. The van der Waals surface area contributed by atoms with Crippen LogP contribution in [0.1, 0.15) is 32.6 Å². The highest BCUT2D eigenvalue weighted by atomic mass is 32.2. The van der Waals surface area contributed by atoms with Crippen molar-refractivity contribution in [3.05, 3.63) is 18.2 Å². The lowest BCUT2D eigenvalue weighted by molar-refractivity contribution is 0.394. The standard InChI is InChI=1S/C13H20N2O2S2/c1-9-3-2-4-10(7-9)18-13-6-5-11(8-12(13)14)19(15,16)17/h5-6,8-10H,2-4,7,14H2,1H3,(H2,15,16,17). The number of primary sulfonamides is 1. The number of hydrogen-bond acceptors (Lipinski definition) is 4. The molecule has 2 unspecified atom stereocenters. The summed E-state index contributed by atoms with van der Waals surface area (Å²) >= 11 is 1.75. The third kappa shape index (κ3) is 3.87. The average molecular weight is 300 g/mol. The number of nitrogens with two attached hydrogens (primary N) is 2. The van der Waals surface area contributed by atoms with E-state index >= 15 is 0 Å². The molecule has 0 saturated heterocycles. The van der Waals surface area contributed by atoms with Gasteiger partial charge in [0.2, 0.25) is 10.0 Å². The molecule has 0 spiro atoms. The van der Waals surface area contributed by atoms with Crippen LogP contribution in [0.5, 0.6) is 0 Å². The van der Waals surface area contributed by atoms with E-state index in [1.54, 1.807) is 17.8 Å². The first-order valence-electron chi connectivity index (χ1n) is 6.45. The lowest BCUT2D eigenvalue weighted by atomic mass is 9.91. The summed E-state index contributed by atoms with van der Waals surface area (Å²) in [6.07, 6.45) is 4.96. The molecule has 1 aromatic carbocycles. The monoisotopic (exact) mass is 300 g/mol. The van der Waals surface area contributed by atoms with E-state index in [0.29, 0.717) is 10.9 Å². The van der Waals surface area contributed by atoms with E-state index in [1.165, 1.54) is 37.8 Å². The van der Waals surface area contributed by atoms with Gasteiger partial charge in [-0.05, 0) is 37.0 Å². The van der Waals surface area contributed by atoms with Crippen LogP contribution in [-0.2, 0) is 10.0 Å². The largest absolute Gasteiger partial charge is 0.398 e. The van der Waals surface area contributed by atoms with Gasteiger partial charge in [-0.3, -0.25) is 0 Å². The molecule has 4 N–H and O–H groups in total. The molecule has 0 bridgehead atoms. The van der Waals surface area contributed by atoms with E-state index in [9.17, 15) is 8.42 Å². The number of thioether (sulfide) groups is 1. The first kappa shape index (κ1) is 14.7. The maximum absolute atomic E-state index is 11.2. The van der Waals surface area contributed by atoms with E-state index in [1.807, 2.05) is 0 Å². The summed E-state index contributed by atoms with van der Waals surface area (Å²) in [6, 6.07) is 4.74. The highest BCUT2D eigenvalue weighted by Gasteiger charge is 2.21. The van der Waals surface area contributed by atoms with Crippen molar-refractivity contribution in [2.75, 3.05) is 5.73 Å². The minimum Gasteiger partial charge on any atom is -0.398 e. The van der Waals surface area contributed by atoms with Crippen LogP contribution in [-0.4, -0.2) is 13.7 Å². The van der Waals surface area contributed by atoms with Crippen molar-refractivity contribution in [3.63, 3.8) is 0 Å². The normalized spacial score (nSPS) is 24.3.